The van der Waals surface area contributed by atoms with Crippen LogP contribution >= 0.6 is 23.1 Å². The number of nitrogen functional groups attached to an aromatic ring is 1. The van der Waals surface area contributed by atoms with E-state index in [0.29, 0.717) is 27.0 Å². The Morgan fingerprint density at radius 1 is 0.971 bits per heavy atom. The van der Waals surface area contributed by atoms with E-state index < -0.39 is 0 Å². The molecule has 4 aromatic rings. The maximum atomic E-state index is 12.4. The van der Waals surface area contributed by atoms with Gasteiger partial charge in [0.15, 0.2) is 5.13 Å². The number of nitriles is 2. The number of hydrogen-bond acceptors (Lipinski definition) is 8. The lowest BCUT2D eigenvalue weighted by Gasteiger charge is -2.12. The van der Waals surface area contributed by atoms with E-state index in [1.165, 1.54) is 23.1 Å². The summed E-state index contributed by atoms with van der Waals surface area (Å²) >= 11 is 2.62. The molecule has 0 aliphatic rings. The van der Waals surface area contributed by atoms with Crippen LogP contribution < -0.4 is 11.1 Å². The SMILES string of the molecule is N#Cc1c(N)nc(SCCC(=O)Nc2nc(-c3ccccc3)cs2)c(C#N)c1-c1ccccc1. The predicted molar refractivity (Wildman–Crippen MR) is 135 cm³/mol. The maximum absolute atomic E-state index is 12.4. The molecule has 0 radical (unpaired) electrons. The van der Waals surface area contributed by atoms with Crippen LogP contribution in [-0.4, -0.2) is 21.6 Å². The summed E-state index contributed by atoms with van der Waals surface area (Å²) in [5.41, 5.74) is 9.44. The zero-order chi connectivity index (χ0) is 23.9. The normalized spacial score (nSPS) is 10.3. The predicted octanol–water partition coefficient (Wildman–Crippen LogP) is 5.32. The van der Waals surface area contributed by atoms with Gasteiger partial charge in [0.25, 0.3) is 0 Å². The largest absolute Gasteiger partial charge is 0.383 e. The van der Waals surface area contributed by atoms with Gasteiger partial charge in [0.05, 0.1) is 11.3 Å². The number of benzene rings is 2. The monoisotopic (exact) mass is 482 g/mol. The van der Waals surface area contributed by atoms with Crippen LogP contribution in [0.3, 0.4) is 0 Å². The van der Waals surface area contributed by atoms with Crippen LogP contribution in [0.4, 0.5) is 10.9 Å². The Morgan fingerprint density at radius 3 is 2.26 bits per heavy atom. The molecule has 0 aliphatic carbocycles. The van der Waals surface area contributed by atoms with E-state index in [1.807, 2.05) is 66.0 Å². The minimum atomic E-state index is -0.190. The Kier molecular flexibility index (Phi) is 7.19. The Hall–Kier alpha value is -4.18. The Morgan fingerprint density at radius 2 is 1.62 bits per heavy atom. The van der Waals surface area contributed by atoms with Gasteiger partial charge < -0.3 is 11.1 Å². The van der Waals surface area contributed by atoms with Gasteiger partial charge in [-0.15, -0.1) is 23.1 Å². The van der Waals surface area contributed by atoms with Crippen LogP contribution in [0.2, 0.25) is 0 Å². The van der Waals surface area contributed by atoms with Crippen molar-refractivity contribution < 1.29 is 4.79 Å². The van der Waals surface area contributed by atoms with Gasteiger partial charge in [-0.25, -0.2) is 9.97 Å². The molecule has 2 aromatic heterocycles. The Labute approximate surface area is 204 Å². The lowest BCUT2D eigenvalue weighted by atomic mass is 9.97. The summed E-state index contributed by atoms with van der Waals surface area (Å²) in [6.07, 6.45) is 0.193. The number of carbonyl (C=O) groups excluding carboxylic acids is 1. The minimum absolute atomic E-state index is 0.0588. The number of nitrogens with one attached hydrogen (secondary N) is 1. The van der Waals surface area contributed by atoms with E-state index in [-0.39, 0.29) is 29.3 Å². The number of nitrogens with two attached hydrogens (primary N) is 1. The zero-order valence-electron chi connectivity index (χ0n) is 17.9. The van der Waals surface area contributed by atoms with Crippen molar-refractivity contribution in [2.45, 2.75) is 11.4 Å². The molecule has 0 fully saturated rings. The van der Waals surface area contributed by atoms with Crippen molar-refractivity contribution >= 4 is 40.0 Å². The molecule has 0 spiro atoms. The number of amides is 1. The van der Waals surface area contributed by atoms with Crippen molar-refractivity contribution in [3.8, 4) is 34.5 Å². The van der Waals surface area contributed by atoms with Gasteiger partial charge in [0.2, 0.25) is 5.91 Å². The highest BCUT2D eigenvalue weighted by molar-refractivity contribution is 7.99. The second-order valence-corrected chi connectivity index (χ2v) is 9.01. The van der Waals surface area contributed by atoms with Crippen LogP contribution in [0, 0.1) is 22.7 Å². The van der Waals surface area contributed by atoms with Crippen molar-refractivity contribution in [1.82, 2.24) is 9.97 Å². The number of thiazole rings is 1. The van der Waals surface area contributed by atoms with Crippen molar-refractivity contribution in [3.63, 3.8) is 0 Å². The first-order valence-corrected chi connectivity index (χ1v) is 12.1. The fraction of sp³-hybridized carbons (Fsp3) is 0.0800. The number of hydrogen-bond donors (Lipinski definition) is 2. The first-order valence-electron chi connectivity index (χ1n) is 10.2. The zero-order valence-corrected chi connectivity index (χ0v) is 19.5. The highest BCUT2D eigenvalue weighted by atomic mass is 32.2. The van der Waals surface area contributed by atoms with Gasteiger partial charge in [0, 0.05) is 28.7 Å². The second-order valence-electron chi connectivity index (χ2n) is 7.07. The molecular weight excluding hydrogens is 464 g/mol. The summed E-state index contributed by atoms with van der Waals surface area (Å²) in [4.78, 5) is 21.2. The number of rotatable bonds is 7. The van der Waals surface area contributed by atoms with Gasteiger partial charge in [-0.05, 0) is 5.56 Å². The number of nitrogens with zero attached hydrogens (tertiary/aromatic N) is 4. The summed E-state index contributed by atoms with van der Waals surface area (Å²) in [5, 5.41) is 25.1. The van der Waals surface area contributed by atoms with Gasteiger partial charge >= 0.3 is 0 Å². The van der Waals surface area contributed by atoms with Crippen LogP contribution in [0.5, 0.6) is 0 Å². The van der Waals surface area contributed by atoms with Gasteiger partial charge in [0.1, 0.15) is 28.5 Å². The van der Waals surface area contributed by atoms with E-state index in [9.17, 15) is 15.3 Å². The molecule has 1 amide bonds. The van der Waals surface area contributed by atoms with Crippen molar-refractivity contribution in [3.05, 3.63) is 77.2 Å². The third-order valence-corrected chi connectivity index (χ3v) is 6.60. The molecule has 7 nitrogen and oxygen atoms in total. The van der Waals surface area contributed by atoms with Crippen LogP contribution in [0.15, 0.2) is 71.1 Å². The molecule has 0 atom stereocenters. The summed E-state index contributed by atoms with van der Waals surface area (Å²) in [7, 11) is 0. The highest BCUT2D eigenvalue weighted by Crippen LogP contribution is 2.35. The molecule has 0 bridgehead atoms. The number of carbonyl (C=O) groups is 1. The fourth-order valence-corrected chi connectivity index (χ4v) is 4.96. The highest BCUT2D eigenvalue weighted by Gasteiger charge is 2.20. The van der Waals surface area contributed by atoms with Crippen molar-refractivity contribution in [1.29, 1.82) is 10.5 Å². The Bertz CT molecular complexity index is 1410. The van der Waals surface area contributed by atoms with E-state index in [1.54, 1.807) is 0 Å². The first-order chi connectivity index (χ1) is 16.6. The van der Waals surface area contributed by atoms with Crippen LogP contribution in [0.25, 0.3) is 22.4 Å². The number of anilines is 2. The third-order valence-electron chi connectivity index (χ3n) is 4.87. The average molecular weight is 483 g/mol. The molecule has 166 valence electrons. The van der Waals surface area contributed by atoms with Gasteiger partial charge in [-0.3, -0.25) is 4.79 Å². The molecule has 0 saturated carbocycles. The summed E-state index contributed by atoms with van der Waals surface area (Å²) < 4.78 is 0. The first kappa shape index (κ1) is 23.0. The van der Waals surface area contributed by atoms with Crippen molar-refractivity contribution in [2.24, 2.45) is 0 Å². The van der Waals surface area contributed by atoms with E-state index in [0.717, 1.165) is 11.3 Å². The standard InChI is InChI=1S/C25H18N6OS2/c26-13-18-22(17-9-5-2-6-10-17)19(14-27)24(31-23(18)28)33-12-11-21(32)30-25-29-20(15-34-25)16-7-3-1-4-8-16/h1-10,15H,11-12H2,(H2,28,31)(H,29,30,32). The molecule has 4 rings (SSSR count). The molecule has 0 aliphatic heterocycles. The topological polar surface area (TPSA) is 128 Å². The number of pyridine rings is 1. The maximum Gasteiger partial charge on any atom is 0.226 e. The molecule has 3 N–H and O–H groups in total. The molecule has 0 saturated heterocycles. The smallest absolute Gasteiger partial charge is 0.226 e. The molecule has 9 heteroatoms. The second kappa shape index (κ2) is 10.6. The number of aromatic nitrogens is 2. The van der Waals surface area contributed by atoms with Crippen LogP contribution in [-0.2, 0) is 4.79 Å². The summed E-state index contributed by atoms with van der Waals surface area (Å²) in [6, 6.07) is 23.1. The molecule has 0 unspecified atom stereocenters. The Balaban J connectivity index is 1.46. The summed E-state index contributed by atoms with van der Waals surface area (Å²) in [6.45, 7) is 0. The molecule has 2 heterocycles. The van der Waals surface area contributed by atoms with Gasteiger partial charge in [-0.1, -0.05) is 60.7 Å². The third kappa shape index (κ3) is 5.07. The van der Waals surface area contributed by atoms with E-state index in [2.05, 4.69) is 27.4 Å². The fourth-order valence-electron chi connectivity index (χ4n) is 3.29. The quantitative estimate of drug-likeness (QED) is 0.341. The van der Waals surface area contributed by atoms with Crippen molar-refractivity contribution in [2.75, 3.05) is 16.8 Å². The minimum Gasteiger partial charge on any atom is -0.383 e. The average Bonchev–Trinajstić information content (AvgIpc) is 3.33. The lowest BCUT2D eigenvalue weighted by molar-refractivity contribution is -0.115. The van der Waals surface area contributed by atoms with E-state index >= 15 is 0 Å². The number of thioether (sulfide) groups is 1. The molecule has 34 heavy (non-hydrogen) atoms. The van der Waals surface area contributed by atoms with Gasteiger partial charge in [-0.2, -0.15) is 10.5 Å². The lowest BCUT2D eigenvalue weighted by Crippen LogP contribution is -2.12. The van der Waals surface area contributed by atoms with Crippen LogP contribution in [0.1, 0.15) is 17.5 Å². The molecule has 2 aromatic carbocycles. The molecular formula is C25H18N6OS2. The van der Waals surface area contributed by atoms with E-state index in [4.69, 9.17) is 5.73 Å². The summed E-state index contributed by atoms with van der Waals surface area (Å²) in [5.74, 6) is 0.248.